The standard InChI is InChI=1S/C4H7NO2/c1-2-3(6)5-4(2)7/h2-3,6H,1H3,(H,5,7). The van der Waals surface area contributed by atoms with E-state index in [1.807, 2.05) is 0 Å². The summed E-state index contributed by atoms with van der Waals surface area (Å²) in [5.74, 6) is -0.257. The van der Waals surface area contributed by atoms with Gasteiger partial charge in [-0.05, 0) is 6.92 Å². The van der Waals surface area contributed by atoms with Crippen LogP contribution in [0.3, 0.4) is 0 Å². The van der Waals surface area contributed by atoms with Crippen molar-refractivity contribution >= 4 is 5.91 Å². The monoisotopic (exact) mass is 101 g/mol. The predicted molar refractivity (Wildman–Crippen MR) is 23.3 cm³/mol. The first-order valence-corrected chi connectivity index (χ1v) is 2.20. The van der Waals surface area contributed by atoms with Gasteiger partial charge in [0, 0.05) is 0 Å². The number of hydrogen-bond donors (Lipinski definition) is 2. The summed E-state index contributed by atoms with van der Waals surface area (Å²) in [4.78, 5) is 10.2. The number of aliphatic hydroxyl groups is 1. The third-order valence-electron chi connectivity index (χ3n) is 1.18. The smallest absolute Gasteiger partial charge is 0.229 e. The average molecular weight is 101 g/mol. The quantitative estimate of drug-likeness (QED) is 0.387. The molecule has 40 valence electrons. The highest BCUT2D eigenvalue weighted by Crippen LogP contribution is 2.09. The number of nitrogens with one attached hydrogen (secondary N) is 1. The summed E-state index contributed by atoms with van der Waals surface area (Å²) < 4.78 is 0. The van der Waals surface area contributed by atoms with Gasteiger partial charge in [0.1, 0.15) is 6.23 Å². The largest absolute Gasteiger partial charge is 0.373 e. The molecule has 3 nitrogen and oxygen atoms in total. The van der Waals surface area contributed by atoms with Gasteiger partial charge in [-0.1, -0.05) is 0 Å². The molecule has 2 N–H and O–H groups in total. The Morgan fingerprint density at radius 2 is 2.43 bits per heavy atom. The molecule has 7 heavy (non-hydrogen) atoms. The lowest BCUT2D eigenvalue weighted by Gasteiger charge is -2.28. The van der Waals surface area contributed by atoms with Gasteiger partial charge in [0.05, 0.1) is 5.92 Å². The van der Waals surface area contributed by atoms with Crippen molar-refractivity contribution in [3.63, 3.8) is 0 Å². The Labute approximate surface area is 41.3 Å². The van der Waals surface area contributed by atoms with E-state index in [4.69, 9.17) is 5.11 Å². The van der Waals surface area contributed by atoms with Crippen molar-refractivity contribution in [1.82, 2.24) is 5.32 Å². The highest BCUT2D eigenvalue weighted by Gasteiger charge is 2.32. The molecule has 1 aliphatic heterocycles. The predicted octanol–water partition coefficient (Wildman–Crippen LogP) is -0.929. The number of β-lactam (4-membered cyclic amide) rings is 1. The molecule has 1 rings (SSSR count). The minimum Gasteiger partial charge on any atom is -0.373 e. The summed E-state index contributed by atoms with van der Waals surface area (Å²) in [6.07, 6.45) is -0.590. The van der Waals surface area contributed by atoms with Crippen LogP contribution in [0.15, 0.2) is 0 Å². The lowest BCUT2D eigenvalue weighted by Crippen LogP contribution is -2.56. The van der Waals surface area contributed by atoms with E-state index in [1.165, 1.54) is 0 Å². The minimum absolute atomic E-state index is 0.0625. The maximum atomic E-state index is 10.2. The van der Waals surface area contributed by atoms with Gasteiger partial charge in [0.15, 0.2) is 0 Å². The molecule has 0 radical (unpaired) electrons. The van der Waals surface area contributed by atoms with Gasteiger partial charge < -0.3 is 10.4 Å². The van der Waals surface area contributed by atoms with Crippen LogP contribution in [-0.2, 0) is 4.79 Å². The molecule has 1 amide bonds. The Bertz CT molecular complexity index is 102. The van der Waals surface area contributed by atoms with Crippen molar-refractivity contribution in [2.24, 2.45) is 5.92 Å². The van der Waals surface area contributed by atoms with Crippen molar-refractivity contribution in [1.29, 1.82) is 0 Å². The minimum atomic E-state index is -0.590. The van der Waals surface area contributed by atoms with E-state index < -0.39 is 6.23 Å². The second-order valence-electron chi connectivity index (χ2n) is 1.74. The van der Waals surface area contributed by atoms with E-state index in [1.54, 1.807) is 6.92 Å². The van der Waals surface area contributed by atoms with Crippen LogP contribution in [0.5, 0.6) is 0 Å². The van der Waals surface area contributed by atoms with Crippen LogP contribution in [0.2, 0.25) is 0 Å². The van der Waals surface area contributed by atoms with Crippen molar-refractivity contribution in [3.05, 3.63) is 0 Å². The van der Waals surface area contributed by atoms with Crippen molar-refractivity contribution in [2.75, 3.05) is 0 Å². The Balaban J connectivity index is 2.43. The first-order chi connectivity index (χ1) is 3.22. The number of carbonyl (C=O) groups is 1. The fraction of sp³-hybridized carbons (Fsp3) is 0.750. The van der Waals surface area contributed by atoms with Crippen molar-refractivity contribution < 1.29 is 9.90 Å². The molecule has 3 heteroatoms. The summed E-state index contributed by atoms with van der Waals surface area (Å²) in [5.41, 5.74) is 0. The molecule has 1 aliphatic rings. The number of amides is 1. The number of hydrogen-bond acceptors (Lipinski definition) is 2. The third-order valence-corrected chi connectivity index (χ3v) is 1.18. The molecule has 2 atom stereocenters. The van der Waals surface area contributed by atoms with E-state index in [2.05, 4.69) is 5.32 Å². The van der Waals surface area contributed by atoms with E-state index in [9.17, 15) is 4.79 Å². The number of aliphatic hydroxyl groups excluding tert-OH is 1. The van der Waals surface area contributed by atoms with Crippen molar-refractivity contribution in [3.8, 4) is 0 Å². The molecule has 0 saturated carbocycles. The van der Waals surface area contributed by atoms with Gasteiger partial charge >= 0.3 is 0 Å². The molecule has 0 aromatic rings. The maximum Gasteiger partial charge on any atom is 0.229 e. The second kappa shape index (κ2) is 1.20. The van der Waals surface area contributed by atoms with E-state index in [-0.39, 0.29) is 11.8 Å². The van der Waals surface area contributed by atoms with Crippen LogP contribution in [0.1, 0.15) is 6.92 Å². The van der Waals surface area contributed by atoms with Gasteiger partial charge in [-0.15, -0.1) is 0 Å². The molecule has 0 bridgehead atoms. The van der Waals surface area contributed by atoms with Crippen LogP contribution in [0.4, 0.5) is 0 Å². The molecule has 1 fully saturated rings. The van der Waals surface area contributed by atoms with Gasteiger partial charge in [0.25, 0.3) is 0 Å². The average Bonchev–Trinajstić information content (AvgIpc) is 1.68. The van der Waals surface area contributed by atoms with E-state index in [0.717, 1.165) is 0 Å². The SMILES string of the molecule is CC1C(=O)NC1O. The fourth-order valence-electron chi connectivity index (χ4n) is 0.449. The number of rotatable bonds is 0. The van der Waals surface area contributed by atoms with Gasteiger partial charge in [0.2, 0.25) is 5.91 Å². The second-order valence-corrected chi connectivity index (χ2v) is 1.74. The highest BCUT2D eigenvalue weighted by molar-refractivity contribution is 5.84. The first kappa shape index (κ1) is 4.59. The normalized spacial score (nSPS) is 39.4. The lowest BCUT2D eigenvalue weighted by molar-refractivity contribution is -0.144. The fourth-order valence-corrected chi connectivity index (χ4v) is 0.449. The van der Waals surface area contributed by atoms with Crippen LogP contribution in [0.25, 0.3) is 0 Å². The zero-order valence-electron chi connectivity index (χ0n) is 4.01. The van der Waals surface area contributed by atoms with Crippen LogP contribution in [-0.4, -0.2) is 17.2 Å². The molecule has 0 aromatic heterocycles. The topological polar surface area (TPSA) is 49.3 Å². The summed E-state index contributed by atoms with van der Waals surface area (Å²) in [5, 5.41) is 10.8. The Morgan fingerprint density at radius 3 is 2.43 bits per heavy atom. The van der Waals surface area contributed by atoms with Gasteiger partial charge in [-0.25, -0.2) is 0 Å². The maximum absolute atomic E-state index is 10.2. The Kier molecular flexibility index (Phi) is 0.785. The first-order valence-electron chi connectivity index (χ1n) is 2.20. The van der Waals surface area contributed by atoms with Crippen LogP contribution in [0, 0.1) is 5.92 Å². The van der Waals surface area contributed by atoms with Gasteiger partial charge in [-0.3, -0.25) is 4.79 Å². The summed E-state index contributed by atoms with van der Waals surface area (Å²) in [6.45, 7) is 1.68. The van der Waals surface area contributed by atoms with Crippen LogP contribution < -0.4 is 5.32 Å². The zero-order chi connectivity index (χ0) is 5.44. The molecule has 0 aliphatic carbocycles. The molecular formula is C4H7NO2. The molecule has 0 aromatic carbocycles. The summed E-state index contributed by atoms with van der Waals surface area (Å²) >= 11 is 0. The zero-order valence-corrected chi connectivity index (χ0v) is 4.01. The molecule has 2 unspecified atom stereocenters. The number of carbonyl (C=O) groups excluding carboxylic acids is 1. The molecule has 1 saturated heterocycles. The van der Waals surface area contributed by atoms with Gasteiger partial charge in [-0.2, -0.15) is 0 Å². The van der Waals surface area contributed by atoms with E-state index in [0.29, 0.717) is 0 Å². The molecule has 1 heterocycles. The van der Waals surface area contributed by atoms with Crippen LogP contribution >= 0.6 is 0 Å². The molecular weight excluding hydrogens is 94.0 g/mol. The summed E-state index contributed by atoms with van der Waals surface area (Å²) in [6, 6.07) is 0. The molecule has 0 spiro atoms. The Hall–Kier alpha value is -0.570. The van der Waals surface area contributed by atoms with E-state index >= 15 is 0 Å². The Morgan fingerprint density at radius 1 is 1.86 bits per heavy atom. The van der Waals surface area contributed by atoms with Crippen molar-refractivity contribution in [2.45, 2.75) is 13.2 Å². The summed E-state index contributed by atoms with van der Waals surface area (Å²) in [7, 11) is 0. The lowest BCUT2D eigenvalue weighted by atomic mass is 10.0. The highest BCUT2D eigenvalue weighted by atomic mass is 16.3. The third kappa shape index (κ3) is 0.489.